The van der Waals surface area contributed by atoms with Crippen LogP contribution >= 0.6 is 0 Å². The number of hydrogen-bond acceptors (Lipinski definition) is 6. The summed E-state index contributed by atoms with van der Waals surface area (Å²) >= 11 is 0. The number of rotatable bonds is 7. The Bertz CT molecular complexity index is 1240. The van der Waals surface area contributed by atoms with Crippen LogP contribution in [0.15, 0.2) is 70.2 Å². The summed E-state index contributed by atoms with van der Waals surface area (Å²) in [6.45, 7) is 0.301. The largest absolute Gasteiger partial charge is 0.492 e. The third kappa shape index (κ3) is 5.02. The second kappa shape index (κ2) is 9.04. The number of aromatic amines is 1. The lowest BCUT2D eigenvalue weighted by atomic mass is 10.0. The van der Waals surface area contributed by atoms with E-state index in [9.17, 15) is 18.0 Å². The van der Waals surface area contributed by atoms with Crippen LogP contribution in [0.2, 0.25) is 0 Å². The van der Waals surface area contributed by atoms with Gasteiger partial charge in [-0.05, 0) is 35.9 Å². The number of ether oxygens (including phenoxy) is 1. The molecule has 0 radical (unpaired) electrons. The number of aromatic nitrogens is 4. The minimum atomic E-state index is -4.41. The fraction of sp³-hybridized carbons (Fsp3) is 0.182. The molecule has 10 heteroatoms. The van der Waals surface area contributed by atoms with Crippen molar-refractivity contribution in [3.63, 3.8) is 0 Å². The van der Waals surface area contributed by atoms with Gasteiger partial charge in [-0.1, -0.05) is 23.4 Å². The number of alkyl halides is 3. The minimum Gasteiger partial charge on any atom is -0.492 e. The molecule has 3 aromatic heterocycles. The zero-order chi connectivity index (χ0) is 22.6. The molecule has 0 aliphatic heterocycles. The normalized spacial score (nSPS) is 11.5. The molecule has 0 saturated carbocycles. The summed E-state index contributed by atoms with van der Waals surface area (Å²) in [6.07, 6.45) is -0.456. The molecule has 7 nitrogen and oxygen atoms in total. The molecule has 0 bridgehead atoms. The monoisotopic (exact) mass is 442 g/mol. The average molecular weight is 442 g/mol. The molecule has 4 rings (SSSR count). The van der Waals surface area contributed by atoms with Crippen molar-refractivity contribution < 1.29 is 22.4 Å². The molecule has 4 aromatic rings. The van der Waals surface area contributed by atoms with Crippen molar-refractivity contribution in [2.24, 2.45) is 0 Å². The number of nitrogens with zero attached hydrogens (tertiary/aromatic N) is 3. The van der Waals surface area contributed by atoms with Crippen LogP contribution in [0.3, 0.4) is 0 Å². The second-order valence-corrected chi connectivity index (χ2v) is 6.87. The maximum atomic E-state index is 12.8. The zero-order valence-electron chi connectivity index (χ0n) is 16.6. The fourth-order valence-electron chi connectivity index (χ4n) is 3.15. The van der Waals surface area contributed by atoms with Crippen LogP contribution in [0.5, 0.6) is 5.75 Å². The Labute approximate surface area is 179 Å². The van der Waals surface area contributed by atoms with E-state index < -0.39 is 17.5 Å². The lowest BCUT2D eigenvalue weighted by molar-refractivity contribution is -0.137. The van der Waals surface area contributed by atoms with Crippen molar-refractivity contribution in [3.05, 3.63) is 94.0 Å². The first kappa shape index (κ1) is 21.3. The van der Waals surface area contributed by atoms with Gasteiger partial charge in [-0.3, -0.25) is 19.5 Å². The molecule has 3 heterocycles. The highest BCUT2D eigenvalue weighted by Gasteiger charge is 2.30. The van der Waals surface area contributed by atoms with Crippen molar-refractivity contribution in [1.29, 1.82) is 0 Å². The van der Waals surface area contributed by atoms with Gasteiger partial charge in [0.05, 0.1) is 23.4 Å². The number of nitrogens with one attached hydrogen (secondary N) is 1. The summed E-state index contributed by atoms with van der Waals surface area (Å²) < 4.78 is 49.1. The quantitative estimate of drug-likeness (QED) is 0.464. The topological polar surface area (TPSA) is 93.9 Å². The van der Waals surface area contributed by atoms with E-state index in [2.05, 4.69) is 24.6 Å². The number of halogens is 3. The SMILES string of the molecule is O=c1[nH]c(-c2c(OCCc3ccccn3)ccnc2Cc2ccc(C(F)(F)F)cc2)no1. The Kier molecular flexibility index (Phi) is 6.02. The Hall–Kier alpha value is -3.95. The van der Waals surface area contributed by atoms with Gasteiger partial charge in [-0.25, -0.2) is 4.79 Å². The van der Waals surface area contributed by atoms with Gasteiger partial charge in [0, 0.05) is 30.9 Å². The number of pyridine rings is 2. The first-order valence-corrected chi connectivity index (χ1v) is 9.63. The Morgan fingerprint density at radius 2 is 1.81 bits per heavy atom. The first-order chi connectivity index (χ1) is 15.4. The van der Waals surface area contributed by atoms with Crippen LogP contribution < -0.4 is 10.5 Å². The summed E-state index contributed by atoms with van der Waals surface area (Å²) in [4.78, 5) is 22.6. The van der Waals surface area contributed by atoms with Gasteiger partial charge in [0.25, 0.3) is 0 Å². The van der Waals surface area contributed by atoms with E-state index in [1.165, 1.54) is 18.3 Å². The van der Waals surface area contributed by atoms with Crippen LogP contribution in [0.4, 0.5) is 13.2 Å². The highest BCUT2D eigenvalue weighted by atomic mass is 19.4. The second-order valence-electron chi connectivity index (χ2n) is 6.87. The van der Waals surface area contributed by atoms with Crippen molar-refractivity contribution in [3.8, 4) is 17.1 Å². The van der Waals surface area contributed by atoms with Gasteiger partial charge in [0.2, 0.25) is 0 Å². The van der Waals surface area contributed by atoms with E-state index in [0.717, 1.165) is 17.8 Å². The fourth-order valence-corrected chi connectivity index (χ4v) is 3.15. The van der Waals surface area contributed by atoms with Gasteiger partial charge in [0.15, 0.2) is 5.82 Å². The third-order valence-corrected chi connectivity index (χ3v) is 4.66. The molecule has 1 N–H and O–H groups in total. The van der Waals surface area contributed by atoms with Crippen molar-refractivity contribution >= 4 is 0 Å². The highest BCUT2D eigenvalue weighted by Crippen LogP contribution is 2.32. The molecule has 164 valence electrons. The summed E-state index contributed by atoms with van der Waals surface area (Å²) in [6, 6.07) is 12.0. The van der Waals surface area contributed by atoms with E-state index in [4.69, 9.17) is 4.74 Å². The summed E-state index contributed by atoms with van der Waals surface area (Å²) in [7, 11) is 0. The van der Waals surface area contributed by atoms with Crippen molar-refractivity contribution in [1.82, 2.24) is 20.1 Å². The Morgan fingerprint density at radius 3 is 2.47 bits per heavy atom. The van der Waals surface area contributed by atoms with E-state index in [1.807, 2.05) is 18.2 Å². The molecular formula is C22H17F3N4O3. The van der Waals surface area contributed by atoms with Gasteiger partial charge in [-0.15, -0.1) is 0 Å². The predicted octanol–water partition coefficient (Wildman–Crippen LogP) is 4.05. The van der Waals surface area contributed by atoms with Crippen LogP contribution in [0.25, 0.3) is 11.4 Å². The van der Waals surface area contributed by atoms with E-state index in [1.54, 1.807) is 12.3 Å². The standard InChI is InChI=1S/C22H17F3N4O3/c23-22(24,25)15-6-4-14(5-7-15)13-17-19(20-28-21(30)32-29-20)18(8-11-27-17)31-12-9-16-3-1-2-10-26-16/h1-8,10-11H,9,12-13H2,(H,28,29,30). The molecular weight excluding hydrogens is 425 g/mol. The average Bonchev–Trinajstić information content (AvgIpc) is 3.20. The number of hydrogen-bond donors (Lipinski definition) is 1. The summed E-state index contributed by atoms with van der Waals surface area (Å²) in [5, 5.41) is 3.74. The van der Waals surface area contributed by atoms with Gasteiger partial charge in [0.1, 0.15) is 5.75 Å². The van der Waals surface area contributed by atoms with E-state index in [0.29, 0.717) is 35.6 Å². The van der Waals surface area contributed by atoms with Crippen molar-refractivity contribution in [2.75, 3.05) is 6.61 Å². The van der Waals surface area contributed by atoms with Crippen molar-refractivity contribution in [2.45, 2.75) is 19.0 Å². The third-order valence-electron chi connectivity index (χ3n) is 4.66. The lowest BCUT2D eigenvalue weighted by Crippen LogP contribution is -2.07. The van der Waals surface area contributed by atoms with Gasteiger partial charge < -0.3 is 4.74 Å². The molecule has 0 saturated heterocycles. The highest BCUT2D eigenvalue weighted by molar-refractivity contribution is 5.66. The molecule has 0 aliphatic carbocycles. The Balaban J connectivity index is 1.61. The maximum absolute atomic E-state index is 12.8. The molecule has 0 atom stereocenters. The maximum Gasteiger partial charge on any atom is 0.439 e. The van der Waals surface area contributed by atoms with Crippen LogP contribution in [-0.4, -0.2) is 26.7 Å². The molecule has 0 aliphatic rings. The number of H-pyrrole nitrogens is 1. The smallest absolute Gasteiger partial charge is 0.439 e. The molecule has 0 amide bonds. The zero-order valence-corrected chi connectivity index (χ0v) is 16.6. The van der Waals surface area contributed by atoms with E-state index in [-0.39, 0.29) is 12.2 Å². The van der Waals surface area contributed by atoms with Crippen LogP contribution in [0.1, 0.15) is 22.5 Å². The summed E-state index contributed by atoms with van der Waals surface area (Å²) in [5.41, 5.74) is 1.58. The molecule has 1 aromatic carbocycles. The number of benzene rings is 1. The lowest BCUT2D eigenvalue weighted by Gasteiger charge is -2.13. The Morgan fingerprint density at radius 1 is 1.00 bits per heavy atom. The van der Waals surface area contributed by atoms with Gasteiger partial charge in [-0.2, -0.15) is 13.2 Å². The minimum absolute atomic E-state index is 0.123. The van der Waals surface area contributed by atoms with E-state index >= 15 is 0 Å². The first-order valence-electron chi connectivity index (χ1n) is 9.63. The molecule has 0 spiro atoms. The molecule has 32 heavy (non-hydrogen) atoms. The van der Waals surface area contributed by atoms with Crippen LogP contribution in [0, 0.1) is 0 Å². The summed E-state index contributed by atoms with van der Waals surface area (Å²) in [5.74, 6) is -0.219. The van der Waals surface area contributed by atoms with Gasteiger partial charge >= 0.3 is 11.9 Å². The molecule has 0 unspecified atom stereocenters. The predicted molar refractivity (Wildman–Crippen MR) is 108 cm³/mol. The van der Waals surface area contributed by atoms with Crippen LogP contribution in [-0.2, 0) is 19.0 Å². The molecule has 0 fully saturated rings.